The molecule has 0 aliphatic rings. The lowest BCUT2D eigenvalue weighted by Crippen LogP contribution is -2.36. The minimum atomic E-state index is -3.50. The third kappa shape index (κ3) is 6.71. The Kier molecular flexibility index (Phi) is 10.4. The molecule has 0 saturated carbocycles. The van der Waals surface area contributed by atoms with Crippen molar-refractivity contribution in [2.24, 2.45) is 4.99 Å². The maximum atomic E-state index is 12.5. The lowest BCUT2D eigenvalue weighted by molar-refractivity contribution is 0.519. The van der Waals surface area contributed by atoms with Gasteiger partial charge in [-0.1, -0.05) is 25.1 Å². The SMILES string of the molecule is CCNC(=NCc1ccccc1S(=O)(=O)N(C)C)NCc1ccc(CC)s1.I. The van der Waals surface area contributed by atoms with E-state index in [-0.39, 0.29) is 30.5 Å². The largest absolute Gasteiger partial charge is 0.357 e. The average molecular weight is 537 g/mol. The van der Waals surface area contributed by atoms with Gasteiger partial charge in [0.2, 0.25) is 10.0 Å². The number of rotatable bonds is 8. The van der Waals surface area contributed by atoms with E-state index in [9.17, 15) is 8.42 Å². The minimum absolute atomic E-state index is 0. The molecule has 156 valence electrons. The maximum Gasteiger partial charge on any atom is 0.242 e. The van der Waals surface area contributed by atoms with E-state index in [1.165, 1.54) is 28.2 Å². The summed E-state index contributed by atoms with van der Waals surface area (Å²) in [7, 11) is -0.430. The Balaban J connectivity index is 0.00000392. The molecule has 0 atom stereocenters. The molecule has 2 aromatic rings. The van der Waals surface area contributed by atoms with Crippen LogP contribution in [-0.4, -0.2) is 39.3 Å². The molecule has 0 bridgehead atoms. The van der Waals surface area contributed by atoms with Gasteiger partial charge in [-0.2, -0.15) is 0 Å². The zero-order chi connectivity index (χ0) is 19.9. The second-order valence-electron chi connectivity index (χ2n) is 6.17. The number of aliphatic imine (C=N–C) groups is 1. The average Bonchev–Trinajstić information content (AvgIpc) is 3.12. The van der Waals surface area contributed by atoms with Crippen molar-refractivity contribution >= 4 is 51.3 Å². The molecule has 0 amide bonds. The van der Waals surface area contributed by atoms with Gasteiger partial charge in [-0.05, 0) is 37.1 Å². The van der Waals surface area contributed by atoms with Gasteiger partial charge in [-0.3, -0.25) is 0 Å². The van der Waals surface area contributed by atoms with Crippen LogP contribution < -0.4 is 10.6 Å². The van der Waals surface area contributed by atoms with Crippen LogP contribution in [0.15, 0.2) is 46.3 Å². The van der Waals surface area contributed by atoms with E-state index in [1.54, 1.807) is 29.5 Å². The van der Waals surface area contributed by atoms with Crippen LogP contribution in [0.25, 0.3) is 0 Å². The third-order valence-corrected chi connectivity index (χ3v) is 7.12. The zero-order valence-electron chi connectivity index (χ0n) is 16.7. The minimum Gasteiger partial charge on any atom is -0.357 e. The van der Waals surface area contributed by atoms with Gasteiger partial charge in [0.05, 0.1) is 18.0 Å². The van der Waals surface area contributed by atoms with Gasteiger partial charge in [-0.15, -0.1) is 35.3 Å². The molecule has 1 aromatic carbocycles. The topological polar surface area (TPSA) is 73.8 Å². The lowest BCUT2D eigenvalue weighted by Gasteiger charge is -2.15. The van der Waals surface area contributed by atoms with E-state index in [0.29, 0.717) is 23.0 Å². The number of guanidine groups is 1. The molecule has 0 aliphatic heterocycles. The predicted octanol–water partition coefficient (Wildman–Crippen LogP) is 3.43. The second kappa shape index (κ2) is 11.7. The second-order valence-corrected chi connectivity index (χ2v) is 9.54. The summed E-state index contributed by atoms with van der Waals surface area (Å²) < 4.78 is 26.2. The number of sulfonamides is 1. The van der Waals surface area contributed by atoms with Gasteiger partial charge in [0.1, 0.15) is 0 Å². The summed E-state index contributed by atoms with van der Waals surface area (Å²) in [5.41, 5.74) is 0.674. The molecule has 9 heteroatoms. The smallest absolute Gasteiger partial charge is 0.242 e. The van der Waals surface area contributed by atoms with Gasteiger partial charge in [0.15, 0.2) is 5.96 Å². The van der Waals surface area contributed by atoms with Crippen LogP contribution >= 0.6 is 35.3 Å². The Morgan fingerprint density at radius 1 is 1.07 bits per heavy atom. The Morgan fingerprint density at radius 3 is 2.36 bits per heavy atom. The molecular formula is C19H29IN4O2S2. The van der Waals surface area contributed by atoms with E-state index in [1.807, 2.05) is 13.0 Å². The normalized spacial score (nSPS) is 12.0. The van der Waals surface area contributed by atoms with Crippen molar-refractivity contribution in [3.05, 3.63) is 51.7 Å². The van der Waals surface area contributed by atoms with Crippen molar-refractivity contribution in [2.75, 3.05) is 20.6 Å². The summed E-state index contributed by atoms with van der Waals surface area (Å²) >= 11 is 1.79. The van der Waals surface area contributed by atoms with Crippen LogP contribution in [0.5, 0.6) is 0 Å². The Labute approximate surface area is 189 Å². The van der Waals surface area contributed by atoms with E-state index < -0.39 is 10.0 Å². The number of thiophene rings is 1. The molecule has 2 N–H and O–H groups in total. The number of halogens is 1. The summed E-state index contributed by atoms with van der Waals surface area (Å²) in [5, 5.41) is 6.52. The standard InChI is InChI=1S/C19H28N4O2S2.HI/c1-5-16-11-12-17(26-16)14-22-19(20-6-2)21-13-15-9-7-8-10-18(15)27(24,25)23(3)4;/h7-12H,5-6,13-14H2,1-4H3,(H2,20,21,22);1H. The fourth-order valence-corrected chi connectivity index (χ4v) is 4.47. The van der Waals surface area contributed by atoms with E-state index >= 15 is 0 Å². The Bertz CT molecular complexity index is 880. The summed E-state index contributed by atoms with van der Waals surface area (Å²) in [6.07, 6.45) is 1.04. The van der Waals surface area contributed by atoms with Gasteiger partial charge in [0.25, 0.3) is 0 Å². The van der Waals surface area contributed by atoms with E-state index in [2.05, 4.69) is 34.7 Å². The Morgan fingerprint density at radius 2 is 1.75 bits per heavy atom. The molecule has 0 radical (unpaired) electrons. The van der Waals surface area contributed by atoms with Crippen LogP contribution in [0.1, 0.15) is 29.2 Å². The van der Waals surface area contributed by atoms with Crippen LogP contribution in [-0.2, 0) is 29.5 Å². The van der Waals surface area contributed by atoms with E-state index in [4.69, 9.17) is 0 Å². The van der Waals surface area contributed by atoms with Crippen molar-refractivity contribution in [2.45, 2.75) is 38.3 Å². The van der Waals surface area contributed by atoms with Crippen LogP contribution in [0.3, 0.4) is 0 Å². The van der Waals surface area contributed by atoms with Crippen LogP contribution in [0.4, 0.5) is 0 Å². The number of benzene rings is 1. The molecule has 0 fully saturated rings. The monoisotopic (exact) mass is 536 g/mol. The number of hydrogen-bond acceptors (Lipinski definition) is 4. The maximum absolute atomic E-state index is 12.5. The predicted molar refractivity (Wildman–Crippen MR) is 128 cm³/mol. The molecule has 1 aromatic heterocycles. The number of nitrogens with one attached hydrogen (secondary N) is 2. The molecule has 0 unspecified atom stereocenters. The van der Waals surface area contributed by atoms with Gasteiger partial charge in [0, 0.05) is 30.4 Å². The highest BCUT2D eigenvalue weighted by molar-refractivity contribution is 14.0. The van der Waals surface area contributed by atoms with Crippen molar-refractivity contribution in [3.8, 4) is 0 Å². The number of nitrogens with zero attached hydrogens (tertiary/aromatic N) is 2. The molecule has 0 spiro atoms. The number of hydrogen-bond donors (Lipinski definition) is 2. The molecular weight excluding hydrogens is 507 g/mol. The van der Waals surface area contributed by atoms with E-state index in [0.717, 1.165) is 13.0 Å². The first-order valence-corrected chi connectivity index (χ1v) is 11.2. The fraction of sp³-hybridized carbons (Fsp3) is 0.421. The fourth-order valence-electron chi connectivity index (χ4n) is 2.47. The van der Waals surface area contributed by atoms with Crippen molar-refractivity contribution in [3.63, 3.8) is 0 Å². The molecule has 1 heterocycles. The zero-order valence-corrected chi connectivity index (χ0v) is 20.7. The summed E-state index contributed by atoms with van der Waals surface area (Å²) in [6, 6.07) is 11.3. The highest BCUT2D eigenvalue weighted by atomic mass is 127. The van der Waals surface area contributed by atoms with Gasteiger partial charge < -0.3 is 10.6 Å². The number of aryl methyl sites for hydroxylation is 1. The van der Waals surface area contributed by atoms with Gasteiger partial charge >= 0.3 is 0 Å². The summed E-state index contributed by atoms with van der Waals surface area (Å²) in [5.74, 6) is 0.668. The highest BCUT2D eigenvalue weighted by Gasteiger charge is 2.20. The highest BCUT2D eigenvalue weighted by Crippen LogP contribution is 2.19. The first kappa shape index (κ1) is 24.9. The van der Waals surface area contributed by atoms with Crippen LogP contribution in [0.2, 0.25) is 0 Å². The van der Waals surface area contributed by atoms with Crippen LogP contribution in [0, 0.1) is 0 Å². The first-order chi connectivity index (χ1) is 12.9. The van der Waals surface area contributed by atoms with Crippen molar-refractivity contribution < 1.29 is 8.42 Å². The van der Waals surface area contributed by atoms with Gasteiger partial charge in [-0.25, -0.2) is 17.7 Å². The van der Waals surface area contributed by atoms with Crippen molar-refractivity contribution in [1.29, 1.82) is 0 Å². The first-order valence-electron chi connectivity index (χ1n) is 8.98. The quantitative estimate of drug-likeness (QED) is 0.308. The Hall–Kier alpha value is -1.17. The summed E-state index contributed by atoms with van der Waals surface area (Å²) in [6.45, 7) is 5.85. The molecule has 0 aliphatic carbocycles. The molecule has 0 saturated heterocycles. The summed E-state index contributed by atoms with van der Waals surface area (Å²) in [4.78, 5) is 7.47. The molecule has 28 heavy (non-hydrogen) atoms. The molecule has 6 nitrogen and oxygen atoms in total. The third-order valence-electron chi connectivity index (χ3n) is 3.98. The van der Waals surface area contributed by atoms with Crippen molar-refractivity contribution in [1.82, 2.24) is 14.9 Å². The lowest BCUT2D eigenvalue weighted by atomic mass is 10.2. The molecule has 2 rings (SSSR count).